The van der Waals surface area contributed by atoms with Crippen LogP contribution in [0.5, 0.6) is 0 Å². The molecule has 0 aliphatic heterocycles. The van der Waals surface area contributed by atoms with Crippen molar-refractivity contribution >= 4 is 29.2 Å². The zero-order valence-electron chi connectivity index (χ0n) is 8.90. The molecule has 4 N–H and O–H groups in total. The van der Waals surface area contributed by atoms with E-state index in [4.69, 9.17) is 27.9 Å². The van der Waals surface area contributed by atoms with E-state index in [2.05, 4.69) is 4.98 Å². The van der Waals surface area contributed by atoms with Crippen LogP contribution in [0.3, 0.4) is 0 Å². The number of pyridine rings is 1. The molecule has 0 spiro atoms. The van der Waals surface area contributed by atoms with Crippen LogP contribution in [-0.2, 0) is 0 Å². The summed E-state index contributed by atoms with van der Waals surface area (Å²) < 4.78 is 0. The van der Waals surface area contributed by atoms with Gasteiger partial charge in [0.05, 0.1) is 5.02 Å². The standard InChI is InChI=1S/C10H14ClN3OS/c1-6(4-15)5-16-10-8(11)7(9(12)13)2-3-14-10/h2-3,6,15H,4-5H2,1H3,(H3,12,13). The molecule has 1 aromatic heterocycles. The van der Waals surface area contributed by atoms with Gasteiger partial charge in [0.25, 0.3) is 0 Å². The molecule has 1 aromatic rings. The molecule has 0 aliphatic rings. The molecule has 1 rings (SSSR count). The highest BCUT2D eigenvalue weighted by molar-refractivity contribution is 7.99. The summed E-state index contributed by atoms with van der Waals surface area (Å²) in [5, 5.41) is 17.3. The number of aliphatic hydroxyl groups is 1. The van der Waals surface area contributed by atoms with E-state index in [0.29, 0.717) is 15.6 Å². The average Bonchev–Trinajstić information content (AvgIpc) is 2.26. The smallest absolute Gasteiger partial charge is 0.124 e. The van der Waals surface area contributed by atoms with Gasteiger partial charge in [-0.15, -0.1) is 11.8 Å². The van der Waals surface area contributed by atoms with Crippen molar-refractivity contribution in [3.63, 3.8) is 0 Å². The number of nitrogens with two attached hydrogens (primary N) is 1. The summed E-state index contributed by atoms with van der Waals surface area (Å²) in [5.74, 6) is 0.846. The van der Waals surface area contributed by atoms with Crippen LogP contribution < -0.4 is 5.73 Å². The summed E-state index contributed by atoms with van der Waals surface area (Å²) in [6.45, 7) is 2.08. The normalized spacial score (nSPS) is 12.4. The minimum atomic E-state index is -0.0653. The molecule has 0 bridgehead atoms. The Balaban J connectivity index is 2.81. The van der Waals surface area contributed by atoms with Crippen LogP contribution in [-0.4, -0.2) is 28.3 Å². The van der Waals surface area contributed by atoms with Gasteiger partial charge >= 0.3 is 0 Å². The van der Waals surface area contributed by atoms with E-state index in [9.17, 15) is 0 Å². The van der Waals surface area contributed by atoms with E-state index in [-0.39, 0.29) is 18.4 Å². The lowest BCUT2D eigenvalue weighted by Crippen LogP contribution is -2.12. The Bertz CT molecular complexity index is 386. The van der Waals surface area contributed by atoms with Crippen molar-refractivity contribution in [1.82, 2.24) is 4.98 Å². The van der Waals surface area contributed by atoms with Crippen LogP contribution in [0.1, 0.15) is 12.5 Å². The van der Waals surface area contributed by atoms with E-state index >= 15 is 0 Å². The lowest BCUT2D eigenvalue weighted by Gasteiger charge is -2.09. The molecule has 0 aromatic carbocycles. The number of rotatable bonds is 5. The van der Waals surface area contributed by atoms with Gasteiger partial charge in [0, 0.05) is 24.1 Å². The Labute approximate surface area is 104 Å². The first kappa shape index (κ1) is 13.3. The first-order chi connectivity index (χ1) is 7.56. The van der Waals surface area contributed by atoms with E-state index < -0.39 is 0 Å². The first-order valence-corrected chi connectivity index (χ1v) is 6.15. The van der Waals surface area contributed by atoms with Gasteiger partial charge in [-0.05, 0) is 12.0 Å². The maximum Gasteiger partial charge on any atom is 0.124 e. The van der Waals surface area contributed by atoms with E-state index in [1.54, 1.807) is 12.3 Å². The molecule has 0 fully saturated rings. The summed E-state index contributed by atoms with van der Waals surface area (Å²) in [4.78, 5) is 4.12. The quantitative estimate of drug-likeness (QED) is 0.427. The summed E-state index contributed by atoms with van der Waals surface area (Å²) in [7, 11) is 0. The number of nitrogens with zero attached hydrogens (tertiary/aromatic N) is 1. The van der Waals surface area contributed by atoms with Gasteiger partial charge in [-0.2, -0.15) is 0 Å². The van der Waals surface area contributed by atoms with Crippen molar-refractivity contribution in [3.8, 4) is 0 Å². The number of halogens is 1. The number of aliphatic hydroxyl groups excluding tert-OH is 1. The van der Waals surface area contributed by atoms with Crippen LogP contribution in [0, 0.1) is 11.3 Å². The van der Waals surface area contributed by atoms with E-state index in [1.807, 2.05) is 6.92 Å². The molecule has 0 saturated heterocycles. The number of hydrogen-bond acceptors (Lipinski definition) is 4. The highest BCUT2D eigenvalue weighted by atomic mass is 35.5. The average molecular weight is 260 g/mol. The van der Waals surface area contributed by atoms with Crippen LogP contribution in [0.4, 0.5) is 0 Å². The first-order valence-electron chi connectivity index (χ1n) is 4.78. The second kappa shape index (κ2) is 6.08. The summed E-state index contributed by atoms with van der Waals surface area (Å²) in [6.07, 6.45) is 1.58. The van der Waals surface area contributed by atoms with Crippen molar-refractivity contribution in [3.05, 3.63) is 22.8 Å². The fourth-order valence-corrected chi connectivity index (χ4v) is 2.30. The third-order valence-electron chi connectivity index (χ3n) is 1.96. The fraction of sp³-hybridized carbons (Fsp3) is 0.400. The molecule has 0 radical (unpaired) electrons. The van der Waals surface area contributed by atoms with Crippen molar-refractivity contribution in [1.29, 1.82) is 5.41 Å². The summed E-state index contributed by atoms with van der Waals surface area (Å²) in [5.41, 5.74) is 5.88. The number of aromatic nitrogens is 1. The molecule has 1 unspecified atom stereocenters. The highest BCUT2D eigenvalue weighted by Gasteiger charge is 2.11. The Hall–Kier alpha value is -0.780. The third-order valence-corrected chi connectivity index (χ3v) is 3.78. The Morgan fingerprint density at radius 2 is 2.44 bits per heavy atom. The van der Waals surface area contributed by atoms with Gasteiger partial charge in [-0.3, -0.25) is 5.41 Å². The van der Waals surface area contributed by atoms with Gasteiger partial charge in [-0.1, -0.05) is 18.5 Å². The number of amidine groups is 1. The van der Waals surface area contributed by atoms with Gasteiger partial charge in [-0.25, -0.2) is 4.98 Å². The molecule has 0 amide bonds. The number of thioether (sulfide) groups is 1. The van der Waals surface area contributed by atoms with Crippen molar-refractivity contribution in [2.45, 2.75) is 11.9 Å². The predicted molar refractivity (Wildman–Crippen MR) is 67.2 cm³/mol. The lowest BCUT2D eigenvalue weighted by molar-refractivity contribution is 0.250. The molecular formula is C10H14ClN3OS. The Morgan fingerprint density at radius 3 is 3.00 bits per heavy atom. The molecule has 0 saturated carbocycles. The van der Waals surface area contributed by atoms with Crippen LogP contribution in [0.25, 0.3) is 0 Å². The number of nitrogen functional groups attached to an aromatic ring is 1. The second-order valence-electron chi connectivity index (χ2n) is 3.49. The largest absolute Gasteiger partial charge is 0.396 e. The molecule has 6 heteroatoms. The predicted octanol–water partition coefficient (Wildman–Crippen LogP) is 1.74. The van der Waals surface area contributed by atoms with Crippen LogP contribution in [0.15, 0.2) is 17.3 Å². The zero-order chi connectivity index (χ0) is 12.1. The van der Waals surface area contributed by atoms with Crippen molar-refractivity contribution in [2.75, 3.05) is 12.4 Å². The van der Waals surface area contributed by atoms with Gasteiger partial charge < -0.3 is 10.8 Å². The minimum absolute atomic E-state index is 0.0653. The van der Waals surface area contributed by atoms with Crippen LogP contribution >= 0.6 is 23.4 Å². The number of hydrogen-bond donors (Lipinski definition) is 3. The van der Waals surface area contributed by atoms with Crippen molar-refractivity contribution < 1.29 is 5.11 Å². The second-order valence-corrected chi connectivity index (χ2v) is 4.88. The monoisotopic (exact) mass is 259 g/mol. The van der Waals surface area contributed by atoms with Crippen molar-refractivity contribution in [2.24, 2.45) is 11.7 Å². The van der Waals surface area contributed by atoms with Gasteiger partial charge in [0.2, 0.25) is 0 Å². The highest BCUT2D eigenvalue weighted by Crippen LogP contribution is 2.28. The molecule has 4 nitrogen and oxygen atoms in total. The maximum atomic E-state index is 8.90. The Kier molecular flexibility index (Phi) is 5.05. The molecular weight excluding hydrogens is 246 g/mol. The maximum absolute atomic E-state index is 8.90. The molecule has 1 atom stereocenters. The molecule has 1 heterocycles. The minimum Gasteiger partial charge on any atom is -0.396 e. The SMILES string of the molecule is CC(CO)CSc1nccc(C(=N)N)c1Cl. The third kappa shape index (κ3) is 3.37. The van der Waals surface area contributed by atoms with E-state index in [0.717, 1.165) is 5.75 Å². The zero-order valence-corrected chi connectivity index (χ0v) is 10.5. The number of nitrogens with one attached hydrogen (secondary N) is 1. The summed E-state index contributed by atoms with van der Waals surface area (Å²) in [6, 6.07) is 1.62. The molecule has 88 valence electrons. The lowest BCUT2D eigenvalue weighted by atomic mass is 10.2. The topological polar surface area (TPSA) is 83.0 Å². The molecule has 0 aliphatic carbocycles. The fourth-order valence-electron chi connectivity index (χ4n) is 1.01. The molecule has 16 heavy (non-hydrogen) atoms. The van der Waals surface area contributed by atoms with Gasteiger partial charge in [0.1, 0.15) is 10.9 Å². The Morgan fingerprint density at radius 1 is 1.75 bits per heavy atom. The van der Waals surface area contributed by atoms with Gasteiger partial charge in [0.15, 0.2) is 0 Å². The summed E-state index contributed by atoms with van der Waals surface area (Å²) >= 11 is 7.52. The van der Waals surface area contributed by atoms with Crippen LogP contribution in [0.2, 0.25) is 5.02 Å². The van der Waals surface area contributed by atoms with E-state index in [1.165, 1.54) is 11.8 Å².